The van der Waals surface area contributed by atoms with Crippen LogP contribution in [0.2, 0.25) is 0 Å². The van der Waals surface area contributed by atoms with Crippen LogP contribution in [0.1, 0.15) is 30.9 Å². The van der Waals surface area contributed by atoms with Crippen LogP contribution in [-0.4, -0.2) is 19.9 Å². The Bertz CT molecular complexity index is 964. The second kappa shape index (κ2) is 4.97. The number of pyridine rings is 1. The fraction of sp³-hybridized carbons (Fsp3) is 0.333. The maximum Gasteiger partial charge on any atom is 0.416 e. The fourth-order valence-corrected chi connectivity index (χ4v) is 2.99. The lowest BCUT2D eigenvalue weighted by atomic mass is 10.00. The molecule has 130 valence electrons. The largest absolute Gasteiger partial charge is 0.507 e. The predicted octanol–water partition coefficient (Wildman–Crippen LogP) is 4.64. The van der Waals surface area contributed by atoms with Gasteiger partial charge in [-0.05, 0) is 56.5 Å². The van der Waals surface area contributed by atoms with E-state index in [0.29, 0.717) is 22.5 Å². The minimum atomic E-state index is -4.50. The van der Waals surface area contributed by atoms with Gasteiger partial charge in [0.05, 0.1) is 16.8 Å². The highest BCUT2D eigenvalue weighted by molar-refractivity contribution is 5.80. The van der Waals surface area contributed by atoms with E-state index >= 15 is 0 Å². The molecule has 0 atom stereocenters. The Balaban J connectivity index is 1.81. The van der Waals surface area contributed by atoms with E-state index in [2.05, 4.69) is 17.0 Å². The second-order valence-electron chi connectivity index (χ2n) is 6.86. The van der Waals surface area contributed by atoms with Crippen molar-refractivity contribution < 1.29 is 18.3 Å². The molecule has 0 bridgehead atoms. The van der Waals surface area contributed by atoms with Gasteiger partial charge in [-0.2, -0.15) is 18.3 Å². The van der Waals surface area contributed by atoms with Crippen molar-refractivity contribution in [2.24, 2.45) is 0 Å². The molecule has 0 unspecified atom stereocenters. The summed E-state index contributed by atoms with van der Waals surface area (Å²) in [5.41, 5.74) is 0.688. The van der Waals surface area contributed by atoms with Crippen molar-refractivity contribution in [1.29, 1.82) is 0 Å². The molecule has 0 aliphatic heterocycles. The molecule has 1 aromatic carbocycles. The summed E-state index contributed by atoms with van der Waals surface area (Å²) >= 11 is 0. The molecule has 1 aliphatic rings. The average Bonchev–Trinajstić information content (AvgIpc) is 3.11. The molecule has 0 spiro atoms. The fourth-order valence-electron chi connectivity index (χ4n) is 2.99. The zero-order chi connectivity index (χ0) is 18.0. The van der Waals surface area contributed by atoms with Crippen molar-refractivity contribution in [3.05, 3.63) is 41.6 Å². The Morgan fingerprint density at radius 2 is 1.92 bits per heavy atom. The number of phenols is 1. The number of hydrogen-bond acceptors (Lipinski definition) is 3. The Hall–Kier alpha value is -2.57. The topological polar surface area (TPSA) is 50.9 Å². The maximum atomic E-state index is 12.9. The standard InChI is InChI=1S/C18H16F3N3O/c1-10-7-12(18(19,20)21)8-14(25)15(10)13-4-3-11-9-24(17(2)5-6-17)23-16(11)22-13/h3-4,7-9,25H,5-6H2,1-2H3. The molecule has 0 saturated heterocycles. The van der Waals surface area contributed by atoms with Gasteiger partial charge in [-0.25, -0.2) is 4.98 Å². The zero-order valence-electron chi connectivity index (χ0n) is 13.7. The van der Waals surface area contributed by atoms with Gasteiger partial charge in [-0.15, -0.1) is 0 Å². The summed E-state index contributed by atoms with van der Waals surface area (Å²) in [5, 5.41) is 15.5. The molecular formula is C18H16F3N3O. The van der Waals surface area contributed by atoms with Gasteiger partial charge in [-0.1, -0.05) is 0 Å². The normalized spacial score (nSPS) is 16.4. The van der Waals surface area contributed by atoms with E-state index in [4.69, 9.17) is 0 Å². The predicted molar refractivity (Wildman–Crippen MR) is 87.2 cm³/mol. The Kier molecular flexibility index (Phi) is 3.17. The summed E-state index contributed by atoms with van der Waals surface area (Å²) in [6, 6.07) is 5.27. The highest BCUT2D eigenvalue weighted by Gasteiger charge is 2.40. The van der Waals surface area contributed by atoms with Crippen LogP contribution in [-0.2, 0) is 11.7 Å². The number of fused-ring (bicyclic) bond motifs is 1. The smallest absolute Gasteiger partial charge is 0.416 e. The van der Waals surface area contributed by atoms with Gasteiger partial charge in [0.25, 0.3) is 0 Å². The zero-order valence-corrected chi connectivity index (χ0v) is 13.7. The van der Waals surface area contributed by atoms with E-state index in [9.17, 15) is 18.3 Å². The molecule has 0 amide bonds. The molecule has 25 heavy (non-hydrogen) atoms. The van der Waals surface area contributed by atoms with Crippen LogP contribution >= 0.6 is 0 Å². The van der Waals surface area contributed by atoms with Gasteiger partial charge in [-0.3, -0.25) is 4.68 Å². The lowest BCUT2D eigenvalue weighted by molar-refractivity contribution is -0.137. The van der Waals surface area contributed by atoms with Gasteiger partial charge in [0, 0.05) is 17.1 Å². The summed E-state index contributed by atoms with van der Waals surface area (Å²) in [6.07, 6.45) is -0.450. The van der Waals surface area contributed by atoms with Crippen LogP contribution in [0, 0.1) is 6.92 Å². The molecule has 2 aromatic heterocycles. The molecule has 7 heteroatoms. The van der Waals surface area contributed by atoms with Crippen LogP contribution < -0.4 is 0 Å². The summed E-state index contributed by atoms with van der Waals surface area (Å²) in [7, 11) is 0. The van der Waals surface area contributed by atoms with E-state index in [1.54, 1.807) is 6.07 Å². The van der Waals surface area contributed by atoms with Crippen molar-refractivity contribution in [2.45, 2.75) is 38.4 Å². The number of halogens is 3. The number of aromatic hydroxyl groups is 1. The Morgan fingerprint density at radius 3 is 2.52 bits per heavy atom. The lowest BCUT2D eigenvalue weighted by Crippen LogP contribution is -2.12. The molecule has 0 radical (unpaired) electrons. The molecule has 4 rings (SSSR count). The van der Waals surface area contributed by atoms with Crippen LogP contribution in [0.3, 0.4) is 0 Å². The van der Waals surface area contributed by atoms with Crippen molar-refractivity contribution in [3.63, 3.8) is 0 Å². The van der Waals surface area contributed by atoms with Crippen LogP contribution in [0.15, 0.2) is 30.5 Å². The molecule has 3 aromatic rings. The van der Waals surface area contributed by atoms with Crippen LogP contribution in [0.5, 0.6) is 5.75 Å². The first-order valence-electron chi connectivity index (χ1n) is 7.95. The summed E-state index contributed by atoms with van der Waals surface area (Å²) < 4.78 is 40.5. The Morgan fingerprint density at radius 1 is 1.20 bits per heavy atom. The third-order valence-corrected chi connectivity index (χ3v) is 4.79. The number of hydrogen-bond donors (Lipinski definition) is 1. The van der Waals surface area contributed by atoms with Crippen molar-refractivity contribution in [1.82, 2.24) is 14.8 Å². The number of alkyl halides is 3. The van der Waals surface area contributed by atoms with Gasteiger partial charge in [0.2, 0.25) is 0 Å². The first-order valence-corrected chi connectivity index (χ1v) is 7.95. The first kappa shape index (κ1) is 15.9. The van der Waals surface area contributed by atoms with Gasteiger partial charge in [0.1, 0.15) is 5.75 Å². The Labute approximate surface area is 141 Å². The monoisotopic (exact) mass is 347 g/mol. The van der Waals surface area contributed by atoms with E-state index in [1.807, 2.05) is 16.9 Å². The number of benzene rings is 1. The van der Waals surface area contributed by atoms with E-state index in [1.165, 1.54) is 6.92 Å². The molecule has 4 nitrogen and oxygen atoms in total. The average molecular weight is 347 g/mol. The lowest BCUT2D eigenvalue weighted by Gasteiger charge is -2.13. The number of aromatic nitrogens is 3. The highest BCUT2D eigenvalue weighted by atomic mass is 19.4. The third-order valence-electron chi connectivity index (χ3n) is 4.79. The minimum Gasteiger partial charge on any atom is -0.507 e. The summed E-state index contributed by atoms with van der Waals surface area (Å²) in [6.45, 7) is 3.64. The van der Waals surface area contributed by atoms with Crippen molar-refractivity contribution in [2.75, 3.05) is 0 Å². The third kappa shape index (κ3) is 2.63. The summed E-state index contributed by atoms with van der Waals surface area (Å²) in [4.78, 5) is 4.45. The number of rotatable bonds is 2. The molecular weight excluding hydrogens is 331 g/mol. The van der Waals surface area contributed by atoms with Crippen molar-refractivity contribution in [3.8, 4) is 17.0 Å². The van der Waals surface area contributed by atoms with Gasteiger partial charge in [0.15, 0.2) is 5.65 Å². The number of nitrogens with zero attached hydrogens (tertiary/aromatic N) is 3. The molecule has 1 saturated carbocycles. The highest BCUT2D eigenvalue weighted by Crippen LogP contribution is 2.43. The van der Waals surface area contributed by atoms with E-state index < -0.39 is 17.5 Å². The SMILES string of the molecule is Cc1cc(C(F)(F)F)cc(O)c1-c1ccc2cn(C3(C)CC3)nc2n1. The maximum absolute atomic E-state index is 12.9. The first-order chi connectivity index (χ1) is 11.7. The van der Waals surface area contributed by atoms with Crippen LogP contribution in [0.4, 0.5) is 13.2 Å². The van der Waals surface area contributed by atoms with E-state index in [0.717, 1.165) is 30.4 Å². The molecule has 1 aliphatic carbocycles. The molecule has 2 heterocycles. The second-order valence-corrected chi connectivity index (χ2v) is 6.86. The van der Waals surface area contributed by atoms with Crippen molar-refractivity contribution >= 4 is 11.0 Å². The molecule has 1 N–H and O–H groups in total. The van der Waals surface area contributed by atoms with E-state index in [-0.39, 0.29) is 5.54 Å². The van der Waals surface area contributed by atoms with Gasteiger partial charge >= 0.3 is 6.18 Å². The van der Waals surface area contributed by atoms with Crippen LogP contribution in [0.25, 0.3) is 22.3 Å². The van der Waals surface area contributed by atoms with Gasteiger partial charge < -0.3 is 5.11 Å². The number of aryl methyl sites for hydroxylation is 1. The summed E-state index contributed by atoms with van der Waals surface area (Å²) in [5.74, 6) is -0.437. The minimum absolute atomic E-state index is 0.0350. The quantitative estimate of drug-likeness (QED) is 0.735. The molecule has 1 fully saturated rings. The number of phenolic OH excluding ortho intramolecular Hbond substituents is 1.